The quantitative estimate of drug-likeness (QED) is 0.137. The van der Waals surface area contributed by atoms with Crippen LogP contribution in [0.4, 0.5) is 0 Å². The molecule has 0 radical (unpaired) electrons. The van der Waals surface area contributed by atoms with E-state index in [4.69, 9.17) is 0 Å². The summed E-state index contributed by atoms with van der Waals surface area (Å²) < 4.78 is 14.2. The maximum atomic E-state index is 9.53. The van der Waals surface area contributed by atoms with Crippen LogP contribution in [-0.4, -0.2) is 27.4 Å². The number of nitrogens with zero attached hydrogens (tertiary/aromatic N) is 8. The first-order valence-corrected chi connectivity index (χ1v) is 48.2. The van der Waals surface area contributed by atoms with Crippen LogP contribution in [0.3, 0.4) is 0 Å². The van der Waals surface area contributed by atoms with E-state index in [9.17, 15) is 10.5 Å². The normalized spacial score (nSPS) is 12.2. The zero-order valence-corrected chi connectivity index (χ0v) is 77.3. The van der Waals surface area contributed by atoms with Crippen molar-refractivity contribution in [1.82, 2.24) is 27.4 Å². The predicted octanol–water partition coefficient (Wildman–Crippen LogP) is 34.7. The Morgan fingerprint density at radius 1 is 0.170 bits per heavy atom. The van der Waals surface area contributed by atoms with Crippen LogP contribution in [0.2, 0.25) is 0 Å². The second-order valence-electron chi connectivity index (χ2n) is 37.7. The zero-order valence-electron chi connectivity index (χ0n) is 77.3. The van der Waals surface area contributed by atoms with Gasteiger partial charge in [0.2, 0.25) is 0 Å². The summed E-state index contributed by atoms with van der Waals surface area (Å²) in [5.74, 6) is 0. The van der Waals surface area contributed by atoms with Gasteiger partial charge >= 0.3 is 0 Å². The van der Waals surface area contributed by atoms with Gasteiger partial charge in [0, 0.05) is 104 Å². The van der Waals surface area contributed by atoms with Crippen molar-refractivity contribution < 1.29 is 0 Å². The fraction of sp³-hybridized carbons (Fsp3) is 0.0226. The lowest BCUT2D eigenvalue weighted by Gasteiger charge is -2.21. The minimum absolute atomic E-state index is 0.0797. The van der Waals surface area contributed by atoms with Gasteiger partial charge in [0.15, 0.2) is 0 Å². The fourth-order valence-corrected chi connectivity index (χ4v) is 22.9. The fourth-order valence-electron chi connectivity index (χ4n) is 22.9. The molecular weight excluding hydrogens is 1710 g/mol. The van der Waals surface area contributed by atoms with Gasteiger partial charge in [0.1, 0.15) is 0 Å². The van der Waals surface area contributed by atoms with Gasteiger partial charge in [-0.05, 0) is 277 Å². The molecule has 0 atom stereocenters. The highest BCUT2D eigenvalue weighted by Gasteiger charge is 2.37. The average molecular weight is 1800 g/mol. The van der Waals surface area contributed by atoms with Gasteiger partial charge in [-0.2, -0.15) is 10.5 Å². The maximum Gasteiger partial charge on any atom is 0.0991 e. The van der Waals surface area contributed by atoms with Gasteiger partial charge < -0.3 is 27.4 Å². The summed E-state index contributed by atoms with van der Waals surface area (Å²) in [5.41, 5.74) is 37.4. The van der Waals surface area contributed by atoms with E-state index < -0.39 is 0 Å². The first-order chi connectivity index (χ1) is 69.6. The monoisotopic (exact) mass is 1790 g/mol. The van der Waals surface area contributed by atoms with E-state index in [2.05, 4.69) is 514 Å². The Bertz CT molecular complexity index is 10100. The molecule has 0 amide bonds. The molecule has 0 spiro atoms. The van der Waals surface area contributed by atoms with Crippen molar-refractivity contribution in [2.24, 2.45) is 0 Å². The minimum Gasteiger partial charge on any atom is -0.309 e. The summed E-state index contributed by atoms with van der Waals surface area (Å²) in [4.78, 5) is 0. The van der Waals surface area contributed by atoms with Crippen LogP contribution in [0.5, 0.6) is 0 Å². The van der Waals surface area contributed by atoms with E-state index in [0.29, 0.717) is 11.1 Å². The summed E-state index contributed by atoms with van der Waals surface area (Å²) in [6.07, 6.45) is 0. The number of rotatable bonds is 10. The van der Waals surface area contributed by atoms with Gasteiger partial charge in [-0.25, -0.2) is 0 Å². The maximum absolute atomic E-state index is 9.53. The van der Waals surface area contributed by atoms with E-state index in [0.717, 1.165) is 60.7 Å². The topological polar surface area (TPSA) is 77.2 Å². The highest BCUT2D eigenvalue weighted by Crippen LogP contribution is 2.53. The van der Waals surface area contributed by atoms with Crippen molar-refractivity contribution in [3.05, 3.63) is 508 Å². The average Bonchev–Trinajstić information content (AvgIpc) is 1.54. The predicted molar refractivity (Wildman–Crippen MR) is 589 cm³/mol. The molecular formula is C133H86N8. The molecule has 1 aliphatic carbocycles. The van der Waals surface area contributed by atoms with Gasteiger partial charge in [-0.3, -0.25) is 0 Å². The number of para-hydroxylation sites is 6. The molecule has 0 fully saturated rings. The van der Waals surface area contributed by atoms with Crippen LogP contribution in [0.25, 0.3) is 242 Å². The molecule has 6 aromatic heterocycles. The van der Waals surface area contributed by atoms with Gasteiger partial charge in [0.05, 0.1) is 95.2 Å². The summed E-state index contributed by atoms with van der Waals surface area (Å²) in [7, 11) is 0. The Morgan fingerprint density at radius 3 is 0.972 bits per heavy atom. The van der Waals surface area contributed by atoms with E-state index in [-0.39, 0.29) is 5.41 Å². The lowest BCUT2D eigenvalue weighted by atomic mass is 9.82. The Morgan fingerprint density at radius 2 is 0.482 bits per heavy atom. The van der Waals surface area contributed by atoms with Crippen LogP contribution in [-0.2, 0) is 5.41 Å². The highest BCUT2D eigenvalue weighted by atomic mass is 15.0. The Labute approximate surface area is 813 Å². The lowest BCUT2D eigenvalue weighted by molar-refractivity contribution is 0.661. The molecule has 0 aliphatic heterocycles. The van der Waals surface area contributed by atoms with Crippen molar-refractivity contribution in [2.75, 3.05) is 0 Å². The van der Waals surface area contributed by atoms with E-state index in [1.807, 2.05) is 24.3 Å². The summed E-state index contributed by atoms with van der Waals surface area (Å²) in [6, 6.07) is 179. The second kappa shape index (κ2) is 32.7. The molecule has 658 valence electrons. The molecule has 0 saturated carbocycles. The molecule has 8 heteroatoms. The summed E-state index contributed by atoms with van der Waals surface area (Å²) in [6.45, 7) is 4.74. The lowest BCUT2D eigenvalue weighted by Crippen LogP contribution is -2.14. The largest absolute Gasteiger partial charge is 0.309 e. The van der Waals surface area contributed by atoms with Crippen LogP contribution < -0.4 is 0 Å². The van der Waals surface area contributed by atoms with Crippen molar-refractivity contribution in [2.45, 2.75) is 19.3 Å². The minimum atomic E-state index is -0.0797. The number of hydrogen-bond donors (Lipinski definition) is 0. The van der Waals surface area contributed by atoms with Crippen molar-refractivity contribution >= 4 is 152 Å². The van der Waals surface area contributed by atoms with Gasteiger partial charge in [-0.15, -0.1) is 0 Å². The standard InChI is InChI=1S/C47H29N3.C45H32N2.C41H25N3/c48-30-31-13-25-46-42(27-31)40-9-3-5-11-44(40)49(46)38-23-18-34(19-24-38)37-20-26-47-43(29-37)41-10-4-6-12-45(41)50(47)39-21-16-33(17-22-39)36-15-14-32-7-1-2-8-35(32)28-36;1-45(2)39-19-11-9-17-33(39)35-27-38-36-25-30(29-13-5-3-6-14-29)21-23-42(36)47(44(38)28-40(35)45)32-22-24-43-37(26-32)34-18-10-12-20-41(34)46(43)31-15-7-4-8-16-31;42-26-27-16-22-40-35(24-27)33-11-3-5-13-38(33)43(40)31-20-17-28(18-21-31)30-19-23-41-36(25-30)34-12-4-6-14-39(34)44(41)37-15-7-9-29-8-1-2-10-32(29)37/h1-29H;3-28H,1-2H3;1-25H. The third-order valence-electron chi connectivity index (χ3n) is 29.6. The molecule has 0 unspecified atom stereocenters. The molecule has 0 bridgehead atoms. The molecule has 0 N–H and O–H groups in total. The Balaban J connectivity index is 0.000000106. The molecule has 6 heterocycles. The van der Waals surface area contributed by atoms with Crippen molar-refractivity contribution in [1.29, 1.82) is 10.5 Å². The first kappa shape index (κ1) is 81.7. The van der Waals surface area contributed by atoms with E-state index >= 15 is 0 Å². The number of hydrogen-bond acceptors (Lipinski definition) is 2. The smallest absolute Gasteiger partial charge is 0.0991 e. The molecule has 141 heavy (non-hydrogen) atoms. The molecule has 28 aromatic rings. The molecule has 1 aliphatic rings. The third kappa shape index (κ3) is 13.3. The third-order valence-corrected chi connectivity index (χ3v) is 29.6. The van der Waals surface area contributed by atoms with E-state index in [1.165, 1.54) is 193 Å². The SMILES string of the molecule is CC1(C)c2ccccc2-c2cc3c4cc(-c5ccccc5)ccc4n(-c4ccc5c(c4)c4ccccc4n5-c4ccccc4)c3cc21.N#Cc1ccc2c(c1)c1ccccc1n2-c1ccc(-c2ccc3c(c2)c2ccccc2n3-c2ccc(-c3ccc4ccccc4c3)cc2)cc1.N#Cc1ccc2c(c1)c1ccccc1n2-c1ccc(-c2ccc3c(c2)c2ccccc2n3-c2cccc3ccccc23)cc1. The molecule has 8 nitrogen and oxygen atoms in total. The number of nitriles is 2. The number of fused-ring (bicyclic) bond motifs is 23. The zero-order chi connectivity index (χ0) is 93.7. The summed E-state index contributed by atoms with van der Waals surface area (Å²) >= 11 is 0. The van der Waals surface area contributed by atoms with Crippen LogP contribution in [0.1, 0.15) is 36.1 Å². The molecule has 0 saturated heterocycles. The number of benzene rings is 22. The van der Waals surface area contributed by atoms with Crippen molar-refractivity contribution in [3.8, 4) is 102 Å². The van der Waals surface area contributed by atoms with Crippen molar-refractivity contribution in [3.63, 3.8) is 0 Å². The number of aromatic nitrogens is 6. The molecule has 29 rings (SSSR count). The summed E-state index contributed by atoms with van der Waals surface area (Å²) in [5, 5.41) is 38.5. The van der Waals surface area contributed by atoms with Crippen LogP contribution >= 0.6 is 0 Å². The Kier molecular flexibility index (Phi) is 19.0. The van der Waals surface area contributed by atoms with Gasteiger partial charge in [-0.1, -0.05) is 305 Å². The first-order valence-electron chi connectivity index (χ1n) is 48.2. The highest BCUT2D eigenvalue weighted by molar-refractivity contribution is 6.18. The van der Waals surface area contributed by atoms with Crippen LogP contribution in [0.15, 0.2) is 485 Å². The van der Waals surface area contributed by atoms with Gasteiger partial charge in [0.25, 0.3) is 0 Å². The molecule has 22 aromatic carbocycles. The van der Waals surface area contributed by atoms with Crippen LogP contribution in [0, 0.1) is 22.7 Å². The van der Waals surface area contributed by atoms with E-state index in [1.54, 1.807) is 0 Å². The Hall–Kier alpha value is -18.9. The second-order valence-corrected chi connectivity index (χ2v) is 37.7.